The molecule has 208 valence electrons. The molecule has 0 aliphatic carbocycles. The highest BCUT2D eigenvalue weighted by Crippen LogP contribution is 2.38. The maximum Gasteiger partial charge on any atom is 0.101 e. The second kappa shape index (κ2) is 12.5. The van der Waals surface area contributed by atoms with E-state index in [9.17, 15) is 21.0 Å². The second-order valence-corrected chi connectivity index (χ2v) is 10.2. The normalized spacial score (nSPS) is 10.1. The van der Waals surface area contributed by atoms with Crippen molar-refractivity contribution in [2.75, 3.05) is 4.90 Å². The first kappa shape index (κ1) is 28.1. The number of pyridine rings is 1. The van der Waals surface area contributed by atoms with Crippen LogP contribution < -0.4 is 4.90 Å². The molecule has 6 nitrogen and oxygen atoms in total. The van der Waals surface area contributed by atoms with E-state index >= 15 is 0 Å². The third-order valence-electron chi connectivity index (χ3n) is 7.58. The Kier molecular flexibility index (Phi) is 7.81. The lowest BCUT2D eigenvalue weighted by molar-refractivity contribution is 1.28. The van der Waals surface area contributed by atoms with Crippen LogP contribution in [0, 0.1) is 45.3 Å². The summed E-state index contributed by atoms with van der Waals surface area (Å²) < 4.78 is 0. The molecule has 0 atom stereocenters. The molecule has 0 amide bonds. The van der Waals surface area contributed by atoms with E-state index in [1.807, 2.05) is 72.8 Å². The van der Waals surface area contributed by atoms with Gasteiger partial charge in [-0.3, -0.25) is 4.98 Å². The molecule has 6 aromatic rings. The minimum Gasteiger partial charge on any atom is -0.311 e. The Morgan fingerprint density at radius 2 is 0.667 bits per heavy atom. The summed E-state index contributed by atoms with van der Waals surface area (Å²) in [5.74, 6) is 0. The van der Waals surface area contributed by atoms with Crippen molar-refractivity contribution < 1.29 is 0 Å². The minimum absolute atomic E-state index is 0.347. The maximum atomic E-state index is 9.49. The van der Waals surface area contributed by atoms with Gasteiger partial charge in [-0.15, -0.1) is 0 Å². The molecule has 6 heteroatoms. The summed E-state index contributed by atoms with van der Waals surface area (Å²) in [5, 5.41) is 37.6. The summed E-state index contributed by atoms with van der Waals surface area (Å²) in [5.41, 5.74) is 9.95. The predicted octanol–water partition coefficient (Wildman–Crippen LogP) is 9.04. The van der Waals surface area contributed by atoms with E-state index in [0.29, 0.717) is 22.3 Å². The zero-order valence-corrected chi connectivity index (χ0v) is 23.9. The highest BCUT2D eigenvalue weighted by Gasteiger charge is 2.15. The van der Waals surface area contributed by atoms with Crippen molar-refractivity contribution in [2.45, 2.75) is 0 Å². The summed E-state index contributed by atoms with van der Waals surface area (Å²) in [6.07, 6.45) is 3.55. The number of hydrogen-bond donors (Lipinski definition) is 0. The van der Waals surface area contributed by atoms with Gasteiger partial charge in [-0.1, -0.05) is 48.5 Å². The zero-order valence-electron chi connectivity index (χ0n) is 23.9. The first-order valence-electron chi connectivity index (χ1n) is 14.0. The quantitative estimate of drug-likeness (QED) is 0.196. The number of rotatable bonds is 6. The SMILES string of the molecule is N#Cc1ccc(-c2ccc(N(c3ccc(-c4ccncc4)cc3)c3ccc(-c4ccc(C#N)c(C#N)c4)cc3)cc2)cc1C#N. The Balaban J connectivity index is 1.39. The van der Waals surface area contributed by atoms with E-state index in [-0.39, 0.29) is 0 Å². The van der Waals surface area contributed by atoms with Gasteiger partial charge >= 0.3 is 0 Å². The number of benzene rings is 5. The van der Waals surface area contributed by atoms with E-state index < -0.39 is 0 Å². The lowest BCUT2D eigenvalue weighted by Crippen LogP contribution is -2.09. The van der Waals surface area contributed by atoms with Gasteiger partial charge in [-0.25, -0.2) is 0 Å². The molecule has 0 bridgehead atoms. The fourth-order valence-electron chi connectivity index (χ4n) is 5.23. The molecule has 0 saturated carbocycles. The Morgan fingerprint density at radius 3 is 1.02 bits per heavy atom. The summed E-state index contributed by atoms with van der Waals surface area (Å²) in [6, 6.07) is 47.3. The predicted molar refractivity (Wildman–Crippen MR) is 174 cm³/mol. The average Bonchev–Trinajstić information content (AvgIpc) is 3.12. The van der Waals surface area contributed by atoms with Crippen LogP contribution in [0.4, 0.5) is 17.1 Å². The van der Waals surface area contributed by atoms with Gasteiger partial charge in [-0.2, -0.15) is 21.0 Å². The molecule has 0 spiro atoms. The van der Waals surface area contributed by atoms with Crippen molar-refractivity contribution in [2.24, 2.45) is 0 Å². The van der Waals surface area contributed by atoms with Crippen LogP contribution in [0.15, 0.2) is 134 Å². The van der Waals surface area contributed by atoms with E-state index in [0.717, 1.165) is 50.4 Å². The number of hydrogen-bond acceptors (Lipinski definition) is 6. The van der Waals surface area contributed by atoms with Gasteiger partial charge in [0.15, 0.2) is 0 Å². The highest BCUT2D eigenvalue weighted by atomic mass is 15.1. The fourth-order valence-corrected chi connectivity index (χ4v) is 5.23. The van der Waals surface area contributed by atoms with Gasteiger partial charge in [0, 0.05) is 29.5 Å². The van der Waals surface area contributed by atoms with Crippen molar-refractivity contribution in [1.29, 1.82) is 21.0 Å². The van der Waals surface area contributed by atoms with E-state index in [1.165, 1.54) is 0 Å². The van der Waals surface area contributed by atoms with Crippen LogP contribution in [0.5, 0.6) is 0 Å². The average molecular weight is 575 g/mol. The Hall–Kier alpha value is -6.99. The molecule has 0 saturated heterocycles. The van der Waals surface area contributed by atoms with Crippen molar-refractivity contribution in [1.82, 2.24) is 4.98 Å². The summed E-state index contributed by atoms with van der Waals surface area (Å²) in [7, 11) is 0. The van der Waals surface area contributed by atoms with Crippen molar-refractivity contribution in [3.63, 3.8) is 0 Å². The molecule has 1 heterocycles. The van der Waals surface area contributed by atoms with Crippen LogP contribution >= 0.6 is 0 Å². The molecular weight excluding hydrogens is 552 g/mol. The van der Waals surface area contributed by atoms with E-state index in [1.54, 1.807) is 36.7 Å². The van der Waals surface area contributed by atoms with Crippen LogP contribution in [0.1, 0.15) is 22.3 Å². The molecule has 1 aromatic heterocycles. The van der Waals surface area contributed by atoms with Crippen LogP contribution in [-0.4, -0.2) is 4.98 Å². The van der Waals surface area contributed by atoms with Crippen molar-refractivity contribution in [3.05, 3.63) is 156 Å². The second-order valence-electron chi connectivity index (χ2n) is 10.2. The fraction of sp³-hybridized carbons (Fsp3) is 0. The Bertz CT molecular complexity index is 2060. The molecule has 0 N–H and O–H groups in total. The minimum atomic E-state index is 0.347. The van der Waals surface area contributed by atoms with Crippen LogP contribution in [0.3, 0.4) is 0 Å². The highest BCUT2D eigenvalue weighted by molar-refractivity contribution is 5.81. The monoisotopic (exact) mass is 574 g/mol. The molecule has 0 fully saturated rings. The number of aromatic nitrogens is 1. The third-order valence-corrected chi connectivity index (χ3v) is 7.58. The van der Waals surface area contributed by atoms with Gasteiger partial charge in [0.25, 0.3) is 0 Å². The number of nitrogens with zero attached hydrogens (tertiary/aromatic N) is 6. The molecular formula is C39H22N6. The summed E-state index contributed by atoms with van der Waals surface area (Å²) in [6.45, 7) is 0. The lowest BCUT2D eigenvalue weighted by atomic mass is 9.99. The molecule has 0 unspecified atom stereocenters. The lowest BCUT2D eigenvalue weighted by Gasteiger charge is -2.26. The zero-order chi connectivity index (χ0) is 31.2. The molecule has 0 aliphatic heterocycles. The summed E-state index contributed by atoms with van der Waals surface area (Å²) in [4.78, 5) is 6.28. The number of nitriles is 4. The summed E-state index contributed by atoms with van der Waals surface area (Å²) >= 11 is 0. The van der Waals surface area contributed by atoms with Crippen molar-refractivity contribution >= 4 is 17.1 Å². The van der Waals surface area contributed by atoms with E-state index in [2.05, 4.69) is 58.4 Å². The third kappa shape index (κ3) is 5.73. The van der Waals surface area contributed by atoms with Gasteiger partial charge in [0.1, 0.15) is 24.3 Å². The van der Waals surface area contributed by atoms with Crippen molar-refractivity contribution in [3.8, 4) is 57.7 Å². The van der Waals surface area contributed by atoms with Crippen LogP contribution in [0.25, 0.3) is 33.4 Å². The maximum absolute atomic E-state index is 9.49. The van der Waals surface area contributed by atoms with Gasteiger partial charge in [0.05, 0.1) is 22.3 Å². The smallest absolute Gasteiger partial charge is 0.101 e. The Labute approximate surface area is 261 Å². The van der Waals surface area contributed by atoms with Gasteiger partial charge in [-0.05, 0) is 106 Å². The molecule has 0 aliphatic rings. The van der Waals surface area contributed by atoms with Gasteiger partial charge in [0.2, 0.25) is 0 Å². The van der Waals surface area contributed by atoms with Crippen LogP contribution in [0.2, 0.25) is 0 Å². The van der Waals surface area contributed by atoms with Gasteiger partial charge < -0.3 is 4.90 Å². The molecule has 0 radical (unpaired) electrons. The molecule has 6 rings (SSSR count). The van der Waals surface area contributed by atoms with E-state index in [4.69, 9.17) is 0 Å². The molecule has 45 heavy (non-hydrogen) atoms. The largest absolute Gasteiger partial charge is 0.311 e. The van der Waals surface area contributed by atoms with Crippen LogP contribution in [-0.2, 0) is 0 Å². The number of anilines is 3. The Morgan fingerprint density at radius 1 is 0.356 bits per heavy atom. The molecule has 5 aromatic carbocycles. The first-order chi connectivity index (χ1) is 22.1. The first-order valence-corrected chi connectivity index (χ1v) is 14.0. The standard InChI is InChI=1S/C39H22N6/c40-23-33-3-1-31(21-35(33)25-42)28-7-13-38(14-8-28)45(37-11-5-27(6-12-37)30-17-19-44-20-18-30)39-15-9-29(10-16-39)32-2-4-34(24-41)36(22-32)26-43/h1-22H. The topological polar surface area (TPSA) is 111 Å².